The van der Waals surface area contributed by atoms with Crippen LogP contribution in [0.4, 0.5) is 4.79 Å². The Morgan fingerprint density at radius 1 is 1.02 bits per heavy atom. The number of rotatable bonds is 16. The highest BCUT2D eigenvalue weighted by atomic mass is 32.1. The molecule has 6 N–H and O–H groups in total. The first-order valence-corrected chi connectivity index (χ1v) is 15.5. The van der Waals surface area contributed by atoms with Crippen molar-refractivity contribution in [2.75, 3.05) is 38.5 Å². The van der Waals surface area contributed by atoms with E-state index in [9.17, 15) is 29.1 Å². The van der Waals surface area contributed by atoms with Gasteiger partial charge in [-0.05, 0) is 70.1 Å². The molecule has 1 aliphatic heterocycles. The van der Waals surface area contributed by atoms with Crippen molar-refractivity contribution in [1.29, 1.82) is 0 Å². The van der Waals surface area contributed by atoms with Gasteiger partial charge in [0.2, 0.25) is 17.7 Å². The van der Waals surface area contributed by atoms with Gasteiger partial charge in [0.25, 0.3) is 0 Å². The highest BCUT2D eigenvalue weighted by Gasteiger charge is 2.27. The monoisotopic (exact) mass is 637 g/mol. The van der Waals surface area contributed by atoms with E-state index in [1.807, 2.05) is 20.8 Å². The second-order valence-electron chi connectivity index (χ2n) is 11.8. The highest BCUT2D eigenvalue weighted by molar-refractivity contribution is 7.80. The van der Waals surface area contributed by atoms with E-state index in [0.29, 0.717) is 23.8 Å². The molecule has 1 saturated heterocycles. The number of unbranched alkanes of at least 4 members (excludes halogenated alkanes) is 1. The predicted molar refractivity (Wildman–Crippen MR) is 167 cm³/mol. The molecule has 2 atom stereocenters. The molecular formula is C30H47N5O8S. The number of carbonyl (C=O) groups is 5. The largest absolute Gasteiger partial charge is 0.494 e. The fourth-order valence-corrected chi connectivity index (χ4v) is 4.83. The maximum Gasteiger partial charge on any atom is 0.410 e. The van der Waals surface area contributed by atoms with Crippen molar-refractivity contribution in [2.45, 2.75) is 77.0 Å². The molecule has 0 spiro atoms. The molecule has 2 unspecified atom stereocenters. The van der Waals surface area contributed by atoms with Crippen LogP contribution >= 0.6 is 12.6 Å². The SMILES string of the molecule is CC(C)(C)OC(=O)N1CCC(CCCCOc2ccc(CC(NC(=O)C(CS)NC(=O)CNC(=O)CN)C(=O)O)cc2)CC1. The van der Waals surface area contributed by atoms with Crippen molar-refractivity contribution in [3.8, 4) is 5.75 Å². The molecular weight excluding hydrogens is 590 g/mol. The molecule has 1 aromatic rings. The van der Waals surface area contributed by atoms with Crippen LogP contribution in [0.25, 0.3) is 0 Å². The van der Waals surface area contributed by atoms with E-state index in [4.69, 9.17) is 15.2 Å². The molecule has 0 bridgehead atoms. The van der Waals surface area contributed by atoms with Crippen LogP contribution in [0.5, 0.6) is 5.75 Å². The van der Waals surface area contributed by atoms with Gasteiger partial charge in [-0.25, -0.2) is 9.59 Å². The van der Waals surface area contributed by atoms with Crippen LogP contribution in [0.15, 0.2) is 24.3 Å². The van der Waals surface area contributed by atoms with E-state index < -0.39 is 41.4 Å². The molecule has 44 heavy (non-hydrogen) atoms. The van der Waals surface area contributed by atoms with Gasteiger partial charge in [0.05, 0.1) is 19.7 Å². The number of piperidine rings is 1. The molecule has 1 heterocycles. The lowest BCUT2D eigenvalue weighted by molar-refractivity contribution is -0.142. The van der Waals surface area contributed by atoms with Crippen molar-refractivity contribution >= 4 is 42.4 Å². The number of carbonyl (C=O) groups excluding carboxylic acids is 4. The van der Waals surface area contributed by atoms with Crippen LogP contribution in [0, 0.1) is 5.92 Å². The standard InChI is InChI=1S/C30H47N5O8S/c1-30(2,3)43-29(41)35-13-11-20(12-14-35)6-4-5-15-42-22-9-7-21(8-10-22)16-23(28(39)40)34-27(38)24(19-44)33-26(37)18-32-25(36)17-31/h7-10,20,23-24,44H,4-6,11-19,31H2,1-3H3,(H,32,36)(H,33,37)(H,34,38)(H,39,40). The van der Waals surface area contributed by atoms with Crippen molar-refractivity contribution < 1.29 is 38.6 Å². The summed E-state index contributed by atoms with van der Waals surface area (Å²) in [6.07, 6.45) is 4.71. The molecule has 13 nitrogen and oxygen atoms in total. The van der Waals surface area contributed by atoms with Crippen LogP contribution in [0.2, 0.25) is 0 Å². The Morgan fingerprint density at radius 2 is 1.68 bits per heavy atom. The summed E-state index contributed by atoms with van der Waals surface area (Å²) in [4.78, 5) is 61.7. The molecule has 1 aromatic carbocycles. The fraction of sp³-hybridized carbons (Fsp3) is 0.633. The van der Waals surface area contributed by atoms with Crippen LogP contribution in [-0.4, -0.2) is 96.0 Å². The van der Waals surface area contributed by atoms with Crippen LogP contribution in [-0.2, 0) is 30.3 Å². The summed E-state index contributed by atoms with van der Waals surface area (Å²) in [5.74, 6) is -1.93. The first kappa shape index (κ1) is 36.7. The molecule has 4 amide bonds. The van der Waals surface area contributed by atoms with Crippen molar-refractivity contribution in [3.63, 3.8) is 0 Å². The summed E-state index contributed by atoms with van der Waals surface area (Å²) in [7, 11) is 0. The molecule has 0 aliphatic carbocycles. The van der Waals surface area contributed by atoms with E-state index in [0.717, 1.165) is 45.2 Å². The van der Waals surface area contributed by atoms with Gasteiger partial charge in [0, 0.05) is 25.3 Å². The number of likely N-dealkylation sites (tertiary alicyclic amines) is 1. The number of nitrogens with two attached hydrogens (primary N) is 1. The van der Waals surface area contributed by atoms with Gasteiger partial charge in [-0.15, -0.1) is 0 Å². The lowest BCUT2D eigenvalue weighted by Crippen LogP contribution is -2.54. The zero-order chi connectivity index (χ0) is 32.7. The number of benzene rings is 1. The summed E-state index contributed by atoms with van der Waals surface area (Å²) in [5.41, 5.74) is 5.36. The first-order chi connectivity index (χ1) is 20.8. The average Bonchev–Trinajstić information content (AvgIpc) is 2.98. The Kier molecular flexibility index (Phi) is 15.3. The number of nitrogens with one attached hydrogen (secondary N) is 3. The fourth-order valence-electron chi connectivity index (χ4n) is 4.58. The molecule has 0 radical (unpaired) electrons. The quantitative estimate of drug-likeness (QED) is 0.115. The zero-order valence-electron chi connectivity index (χ0n) is 25.8. The molecule has 1 fully saturated rings. The number of nitrogens with zero attached hydrogens (tertiary/aromatic N) is 1. The maximum atomic E-state index is 12.6. The van der Waals surface area contributed by atoms with Crippen molar-refractivity contribution in [2.24, 2.45) is 11.7 Å². The number of amides is 4. The molecule has 246 valence electrons. The number of carboxylic acids is 1. The number of thiol groups is 1. The minimum Gasteiger partial charge on any atom is -0.494 e. The van der Waals surface area contributed by atoms with Gasteiger partial charge < -0.3 is 41.2 Å². The van der Waals surface area contributed by atoms with Crippen LogP contribution in [0.3, 0.4) is 0 Å². The Hall–Kier alpha value is -3.52. The molecule has 2 rings (SSSR count). The average molecular weight is 638 g/mol. The van der Waals surface area contributed by atoms with Gasteiger partial charge in [-0.2, -0.15) is 12.6 Å². The van der Waals surface area contributed by atoms with Gasteiger partial charge in [0.15, 0.2) is 0 Å². The number of hydrogen-bond acceptors (Lipinski definition) is 9. The smallest absolute Gasteiger partial charge is 0.410 e. The van der Waals surface area contributed by atoms with Crippen LogP contribution in [0.1, 0.15) is 58.4 Å². The summed E-state index contributed by atoms with van der Waals surface area (Å²) < 4.78 is 11.3. The predicted octanol–water partition coefficient (Wildman–Crippen LogP) is 1.48. The Balaban J connectivity index is 1.71. The Labute approximate surface area is 264 Å². The third-order valence-corrected chi connectivity index (χ3v) is 7.35. The van der Waals surface area contributed by atoms with Crippen LogP contribution < -0.4 is 26.4 Å². The summed E-state index contributed by atoms with van der Waals surface area (Å²) in [5, 5.41) is 16.8. The third kappa shape index (κ3) is 13.8. The zero-order valence-corrected chi connectivity index (χ0v) is 26.7. The summed E-state index contributed by atoms with van der Waals surface area (Å²) >= 11 is 4.07. The minimum atomic E-state index is -1.23. The Morgan fingerprint density at radius 3 is 2.25 bits per heavy atom. The van der Waals surface area contributed by atoms with E-state index >= 15 is 0 Å². The molecule has 0 saturated carbocycles. The number of aliphatic carboxylic acids is 1. The van der Waals surface area contributed by atoms with Gasteiger partial charge in [-0.3, -0.25) is 14.4 Å². The minimum absolute atomic E-state index is 0.0217. The Bertz CT molecular complexity index is 1100. The van der Waals surface area contributed by atoms with E-state index in [2.05, 4.69) is 28.6 Å². The normalized spacial score (nSPS) is 15.1. The topological polar surface area (TPSA) is 189 Å². The summed E-state index contributed by atoms with van der Waals surface area (Å²) in [6, 6.07) is 4.68. The first-order valence-electron chi connectivity index (χ1n) is 14.9. The maximum absolute atomic E-state index is 12.6. The van der Waals surface area contributed by atoms with E-state index in [1.165, 1.54) is 0 Å². The molecule has 1 aliphatic rings. The number of carboxylic acid groups (broad SMARTS) is 1. The van der Waals surface area contributed by atoms with Gasteiger partial charge in [-0.1, -0.05) is 18.6 Å². The summed E-state index contributed by atoms with van der Waals surface area (Å²) in [6.45, 7) is 6.95. The molecule has 14 heteroatoms. The number of ether oxygens (including phenoxy) is 2. The number of hydrogen-bond donors (Lipinski definition) is 6. The second kappa shape index (κ2) is 18.3. The lowest BCUT2D eigenvalue weighted by Gasteiger charge is -2.33. The van der Waals surface area contributed by atoms with Gasteiger partial charge >= 0.3 is 12.1 Å². The van der Waals surface area contributed by atoms with E-state index in [1.54, 1.807) is 29.2 Å². The highest BCUT2D eigenvalue weighted by Crippen LogP contribution is 2.24. The lowest BCUT2D eigenvalue weighted by atomic mass is 9.92. The second-order valence-corrected chi connectivity index (χ2v) is 12.2. The third-order valence-electron chi connectivity index (χ3n) is 6.99. The van der Waals surface area contributed by atoms with Crippen molar-refractivity contribution in [1.82, 2.24) is 20.9 Å². The van der Waals surface area contributed by atoms with Crippen molar-refractivity contribution in [3.05, 3.63) is 29.8 Å². The molecule has 0 aromatic heterocycles. The van der Waals surface area contributed by atoms with E-state index in [-0.39, 0.29) is 31.4 Å². The van der Waals surface area contributed by atoms with Gasteiger partial charge in [0.1, 0.15) is 23.4 Å².